The fourth-order valence-corrected chi connectivity index (χ4v) is 2.75. The van der Waals surface area contributed by atoms with E-state index in [0.717, 1.165) is 17.5 Å². The fraction of sp³-hybridized carbons (Fsp3) is 0.500. The Morgan fingerprint density at radius 3 is 2.62 bits per heavy atom. The molecule has 5 heteroatoms. The van der Waals surface area contributed by atoms with Crippen molar-refractivity contribution in [2.75, 3.05) is 6.54 Å². The van der Waals surface area contributed by atoms with Gasteiger partial charge in [-0.3, -0.25) is 9.59 Å². The van der Waals surface area contributed by atoms with E-state index in [1.807, 2.05) is 6.07 Å². The van der Waals surface area contributed by atoms with Crippen molar-refractivity contribution in [3.63, 3.8) is 0 Å². The maximum atomic E-state index is 12.4. The van der Waals surface area contributed by atoms with Gasteiger partial charge in [0.05, 0.1) is 6.42 Å². The molecule has 21 heavy (non-hydrogen) atoms. The molecule has 0 saturated heterocycles. The van der Waals surface area contributed by atoms with Gasteiger partial charge in [-0.25, -0.2) is 0 Å². The van der Waals surface area contributed by atoms with Gasteiger partial charge in [0.15, 0.2) is 0 Å². The van der Waals surface area contributed by atoms with Crippen molar-refractivity contribution in [3.05, 3.63) is 29.3 Å². The molecule has 0 fully saturated rings. The molecule has 1 aromatic carbocycles. The standard InChI is InChI=1S/C16H21NO4/c1-16(2,9-15(20)21)8-14(19)17-6-5-11-3-4-13(18)7-12(11)10-17/h3-4,7,18H,5-6,8-10H2,1-2H3,(H,20,21). The minimum atomic E-state index is -0.887. The first-order valence-electron chi connectivity index (χ1n) is 7.07. The lowest BCUT2D eigenvalue weighted by atomic mass is 9.85. The van der Waals surface area contributed by atoms with Crippen LogP contribution in [-0.4, -0.2) is 33.5 Å². The largest absolute Gasteiger partial charge is 0.508 e. The van der Waals surface area contributed by atoms with Crippen molar-refractivity contribution in [1.82, 2.24) is 4.90 Å². The average molecular weight is 291 g/mol. The quantitative estimate of drug-likeness (QED) is 0.891. The number of carbonyl (C=O) groups excluding carboxylic acids is 1. The molecule has 0 atom stereocenters. The molecular weight excluding hydrogens is 270 g/mol. The van der Waals surface area contributed by atoms with Gasteiger partial charge in [-0.15, -0.1) is 0 Å². The van der Waals surface area contributed by atoms with E-state index in [0.29, 0.717) is 13.1 Å². The molecule has 1 amide bonds. The van der Waals surface area contributed by atoms with Gasteiger partial charge in [-0.1, -0.05) is 19.9 Å². The second kappa shape index (κ2) is 5.76. The first-order chi connectivity index (χ1) is 9.77. The van der Waals surface area contributed by atoms with Crippen LogP contribution in [0.5, 0.6) is 5.75 Å². The molecule has 114 valence electrons. The maximum absolute atomic E-state index is 12.4. The van der Waals surface area contributed by atoms with Crippen LogP contribution in [0.1, 0.15) is 37.8 Å². The van der Waals surface area contributed by atoms with Gasteiger partial charge in [0.25, 0.3) is 0 Å². The summed E-state index contributed by atoms with van der Waals surface area (Å²) in [6, 6.07) is 5.24. The molecule has 5 nitrogen and oxygen atoms in total. The normalized spacial score (nSPS) is 14.7. The number of rotatable bonds is 4. The summed E-state index contributed by atoms with van der Waals surface area (Å²) in [6.07, 6.45) is 0.956. The number of benzene rings is 1. The number of aromatic hydroxyl groups is 1. The zero-order valence-electron chi connectivity index (χ0n) is 12.4. The Balaban J connectivity index is 2.03. The van der Waals surface area contributed by atoms with Crippen LogP contribution in [0.15, 0.2) is 18.2 Å². The van der Waals surface area contributed by atoms with Crippen LogP contribution in [0.25, 0.3) is 0 Å². The Morgan fingerprint density at radius 2 is 1.95 bits per heavy atom. The van der Waals surface area contributed by atoms with E-state index in [9.17, 15) is 14.7 Å². The summed E-state index contributed by atoms with van der Waals surface area (Å²) in [4.78, 5) is 24.9. The first-order valence-corrected chi connectivity index (χ1v) is 7.07. The minimum Gasteiger partial charge on any atom is -0.508 e. The monoisotopic (exact) mass is 291 g/mol. The van der Waals surface area contributed by atoms with Crippen LogP contribution in [0.3, 0.4) is 0 Å². The molecule has 0 spiro atoms. The van der Waals surface area contributed by atoms with Gasteiger partial charge >= 0.3 is 5.97 Å². The number of phenols is 1. The SMILES string of the molecule is CC(C)(CC(=O)O)CC(=O)N1CCc2ccc(O)cc2C1. The van der Waals surface area contributed by atoms with E-state index >= 15 is 0 Å². The second-order valence-corrected chi connectivity index (χ2v) is 6.43. The maximum Gasteiger partial charge on any atom is 0.303 e. The third kappa shape index (κ3) is 3.97. The number of amides is 1. The highest BCUT2D eigenvalue weighted by atomic mass is 16.4. The predicted molar refractivity (Wildman–Crippen MR) is 77.9 cm³/mol. The van der Waals surface area contributed by atoms with Crippen LogP contribution in [0, 0.1) is 5.41 Å². The van der Waals surface area contributed by atoms with E-state index < -0.39 is 11.4 Å². The molecule has 0 bridgehead atoms. The summed E-state index contributed by atoms with van der Waals surface area (Å²) >= 11 is 0. The fourth-order valence-electron chi connectivity index (χ4n) is 2.75. The molecule has 0 aliphatic carbocycles. The lowest BCUT2D eigenvalue weighted by Crippen LogP contribution is -2.38. The minimum absolute atomic E-state index is 0.0239. The summed E-state index contributed by atoms with van der Waals surface area (Å²) in [5.41, 5.74) is 1.56. The zero-order valence-corrected chi connectivity index (χ0v) is 12.4. The van der Waals surface area contributed by atoms with E-state index in [2.05, 4.69) is 0 Å². The molecular formula is C16H21NO4. The van der Waals surface area contributed by atoms with Crippen LogP contribution in [0.4, 0.5) is 0 Å². The highest BCUT2D eigenvalue weighted by molar-refractivity contribution is 5.78. The number of nitrogens with zero attached hydrogens (tertiary/aromatic N) is 1. The predicted octanol–water partition coefficient (Wildman–Crippen LogP) is 2.17. The summed E-state index contributed by atoms with van der Waals surface area (Å²) < 4.78 is 0. The number of hydrogen-bond acceptors (Lipinski definition) is 3. The lowest BCUT2D eigenvalue weighted by molar-refractivity contribution is -0.141. The molecule has 1 aliphatic rings. The number of carboxylic acid groups (broad SMARTS) is 1. The summed E-state index contributed by atoms with van der Waals surface area (Å²) in [5, 5.41) is 18.4. The van der Waals surface area contributed by atoms with E-state index in [4.69, 9.17) is 5.11 Å². The first kappa shape index (κ1) is 15.4. The second-order valence-electron chi connectivity index (χ2n) is 6.43. The molecule has 0 aromatic heterocycles. The van der Waals surface area contributed by atoms with Crippen molar-refractivity contribution in [2.24, 2.45) is 5.41 Å². The Morgan fingerprint density at radius 1 is 1.24 bits per heavy atom. The molecule has 0 radical (unpaired) electrons. The lowest BCUT2D eigenvalue weighted by Gasteiger charge is -2.32. The van der Waals surface area contributed by atoms with Gasteiger partial charge in [0.1, 0.15) is 5.75 Å². The molecule has 1 heterocycles. The van der Waals surface area contributed by atoms with Crippen LogP contribution in [-0.2, 0) is 22.6 Å². The number of phenolic OH excluding ortho intramolecular Hbond substituents is 1. The molecule has 0 unspecified atom stereocenters. The number of fused-ring (bicyclic) bond motifs is 1. The van der Waals surface area contributed by atoms with Crippen molar-refractivity contribution in [3.8, 4) is 5.75 Å². The number of carboxylic acids is 1. The highest BCUT2D eigenvalue weighted by Gasteiger charge is 2.29. The van der Waals surface area contributed by atoms with Crippen LogP contribution in [0.2, 0.25) is 0 Å². The highest BCUT2D eigenvalue weighted by Crippen LogP contribution is 2.28. The third-order valence-corrected chi connectivity index (χ3v) is 3.81. The van der Waals surface area contributed by atoms with Crippen molar-refractivity contribution in [2.45, 2.75) is 39.7 Å². The molecule has 0 saturated carbocycles. The molecule has 1 aliphatic heterocycles. The zero-order chi connectivity index (χ0) is 15.6. The van der Waals surface area contributed by atoms with Crippen molar-refractivity contribution in [1.29, 1.82) is 0 Å². The summed E-state index contributed by atoms with van der Waals surface area (Å²) in [7, 11) is 0. The number of hydrogen-bond donors (Lipinski definition) is 2. The number of carbonyl (C=O) groups is 2. The molecule has 2 N–H and O–H groups in total. The van der Waals surface area contributed by atoms with E-state index in [1.165, 1.54) is 0 Å². The average Bonchev–Trinajstić information content (AvgIpc) is 2.35. The summed E-state index contributed by atoms with van der Waals surface area (Å²) in [5.74, 6) is -0.716. The smallest absolute Gasteiger partial charge is 0.303 e. The Hall–Kier alpha value is -2.04. The van der Waals surface area contributed by atoms with Gasteiger partial charge in [0.2, 0.25) is 5.91 Å². The van der Waals surface area contributed by atoms with Crippen molar-refractivity contribution >= 4 is 11.9 Å². The molecule has 2 rings (SSSR count). The van der Waals surface area contributed by atoms with Crippen LogP contribution < -0.4 is 0 Å². The Bertz CT molecular complexity index is 565. The third-order valence-electron chi connectivity index (χ3n) is 3.81. The topological polar surface area (TPSA) is 77.8 Å². The Labute approximate surface area is 124 Å². The van der Waals surface area contributed by atoms with Gasteiger partial charge in [-0.2, -0.15) is 0 Å². The van der Waals surface area contributed by atoms with Gasteiger partial charge in [0, 0.05) is 19.5 Å². The van der Waals surface area contributed by atoms with Gasteiger partial charge < -0.3 is 15.1 Å². The summed E-state index contributed by atoms with van der Waals surface area (Å²) in [6.45, 7) is 4.71. The van der Waals surface area contributed by atoms with Crippen molar-refractivity contribution < 1.29 is 19.8 Å². The van der Waals surface area contributed by atoms with Gasteiger partial charge in [-0.05, 0) is 35.1 Å². The number of aliphatic carboxylic acids is 1. The van der Waals surface area contributed by atoms with E-state index in [1.54, 1.807) is 30.9 Å². The van der Waals surface area contributed by atoms with E-state index in [-0.39, 0.29) is 24.5 Å². The Kier molecular flexibility index (Phi) is 4.21. The molecule has 1 aromatic rings. The van der Waals surface area contributed by atoms with Crippen LogP contribution >= 0.6 is 0 Å².